The highest BCUT2D eigenvalue weighted by Crippen LogP contribution is 2.53. The van der Waals surface area contributed by atoms with E-state index >= 15 is 0 Å². The van der Waals surface area contributed by atoms with E-state index in [1.54, 1.807) is 107 Å². The van der Waals surface area contributed by atoms with Gasteiger partial charge in [0.15, 0.2) is 0 Å². The number of anilines is 2. The molecule has 1 aromatic carbocycles. The van der Waals surface area contributed by atoms with Crippen LogP contribution in [0.5, 0.6) is 0 Å². The van der Waals surface area contributed by atoms with Gasteiger partial charge in [-0.2, -0.15) is 0 Å². The molecule has 1 aromatic rings. The van der Waals surface area contributed by atoms with Crippen LogP contribution in [0.4, 0.5) is 15.8 Å². The van der Waals surface area contributed by atoms with Crippen molar-refractivity contribution >= 4 is 584 Å². The molecule has 0 atom stereocenters. The van der Waals surface area contributed by atoms with Crippen molar-refractivity contribution in [1.29, 1.82) is 0 Å². The number of hydrogen-bond acceptors (Lipinski definition) is 4. The molecule has 80 heavy (non-hydrogen) atoms. The van der Waals surface area contributed by atoms with Gasteiger partial charge in [0, 0.05) is 573 Å². The molecule has 472 valence electrons. The molecule has 1 aliphatic rings. The maximum absolute atomic E-state index is 14.0. The van der Waals surface area contributed by atoms with Crippen molar-refractivity contribution in [3.63, 3.8) is 0 Å². The molecule has 2 rings (SSSR count). The van der Waals surface area contributed by atoms with Gasteiger partial charge in [-0.1, -0.05) is 27.7 Å². The van der Waals surface area contributed by atoms with Crippen molar-refractivity contribution < 1.29 is 4.39 Å². The molecule has 0 radical (unpaired) electrons. The van der Waals surface area contributed by atoms with Crippen molar-refractivity contribution in [2.24, 2.45) is 0 Å². The number of fused-ring (bicyclic) bond motifs is 1. The highest BCUT2D eigenvalue weighted by Gasteiger charge is 2.45. The van der Waals surface area contributed by atoms with Crippen molar-refractivity contribution in [3.8, 4) is 0 Å². The highest BCUT2D eigenvalue weighted by atomic mass is 33.5. The molecule has 0 amide bonds. The van der Waals surface area contributed by atoms with E-state index in [0.29, 0.717) is 11.4 Å². The smallest absolute Gasteiger partial charge is 0.129 e. The summed E-state index contributed by atoms with van der Waals surface area (Å²) in [5, 5.41) is 0. The summed E-state index contributed by atoms with van der Waals surface area (Å²) in [5.74, 6) is -0.225. The summed E-state index contributed by atoms with van der Waals surface area (Å²) in [6, 6.07) is 1.34. The molecule has 0 heterocycles. The van der Waals surface area contributed by atoms with E-state index in [9.17, 15) is 4.39 Å². The minimum absolute atomic E-state index is 0.112. The Hall–Kier alpha value is 12.8. The van der Waals surface area contributed by atoms with Crippen LogP contribution in [0.25, 0.3) is 0 Å². The molecule has 4 N–H and O–H groups in total. The van der Waals surface area contributed by atoms with Crippen LogP contribution in [0.15, 0.2) is 6.07 Å². The third kappa shape index (κ3) is 58.6. The minimum Gasteiger partial charge on any atom is -0.397 e. The van der Waals surface area contributed by atoms with Crippen LogP contribution >= 0.6 is 0 Å². The number of rotatable bonds is 0. The molecule has 0 aromatic heterocycles. The van der Waals surface area contributed by atoms with Gasteiger partial charge in [-0.3, -0.25) is 0 Å². The molecular formula is C13H19FN2S64. The maximum Gasteiger partial charge on any atom is 0.129 e. The molecule has 0 saturated carbocycles. The van der Waals surface area contributed by atoms with Crippen LogP contribution in [0, 0.1) is 5.82 Å². The lowest BCUT2D eigenvalue weighted by Crippen LogP contribution is -2.18. The van der Waals surface area contributed by atoms with Crippen molar-refractivity contribution in [3.05, 3.63) is 23.0 Å². The molecule has 0 fully saturated rings. The van der Waals surface area contributed by atoms with Crippen LogP contribution < -0.4 is 11.5 Å². The van der Waals surface area contributed by atoms with Crippen LogP contribution in [0.3, 0.4) is 0 Å². The summed E-state index contributed by atoms with van der Waals surface area (Å²) < 4.78 is 14.0. The summed E-state index contributed by atoms with van der Waals surface area (Å²) in [6.45, 7) is 8.30. The molecule has 0 unspecified atom stereocenters. The van der Waals surface area contributed by atoms with Gasteiger partial charge in [0.25, 0.3) is 0 Å². The van der Waals surface area contributed by atoms with E-state index < -0.39 is 0 Å². The summed E-state index contributed by atoms with van der Waals surface area (Å²) in [5.41, 5.74) is 14.0. The van der Waals surface area contributed by atoms with E-state index in [1.807, 2.05) is 426 Å². The van der Waals surface area contributed by atoms with E-state index in [1.165, 1.54) is 23.8 Å². The molecule has 0 saturated heterocycles. The predicted molar refractivity (Wildman–Crippen MR) is 537 cm³/mol. The first-order valence-corrected chi connectivity index (χ1v) is 100. The molecule has 0 bridgehead atoms. The maximum atomic E-state index is 14.0. The first-order valence-electron chi connectivity index (χ1n) is 16.1. The van der Waals surface area contributed by atoms with E-state index in [0.717, 1.165) is 17.5 Å². The molecule has 67 heteroatoms. The Kier molecular flexibility index (Phi) is 79.8. The molecule has 1 aliphatic carbocycles. The second-order valence-corrected chi connectivity index (χ2v) is 120. The standard InChI is InChI=1S/C13H19FN2.S64/c1-12(2)6-13(3,4)10-9(12)7(14)5-8(15)11(10)16;1-3-5-7-9-11-13-15-17-19-21-23-25-27-29-31-33-35-37-39-41-43-45-47-49-51-53-55-57-59-61-63-64-62-60-58-56-54-52-50-48-46-44-42-40-38-36-34-32-30-28-26-24-22-20-18-16-14-12-10-8-6-4-2/h5H,6,15-16H2,1-4H3;. The lowest BCUT2D eigenvalue weighted by molar-refractivity contribution is 0.397. The molecular weight excluding hydrogens is 2260 g/mol. The lowest BCUT2D eigenvalue weighted by Gasteiger charge is -2.23. The van der Waals surface area contributed by atoms with Crippen LogP contribution in [0.2, 0.25) is 0 Å². The lowest BCUT2D eigenvalue weighted by atomic mass is 9.81. The Bertz CT molecular complexity index is 5250. The normalized spacial score (nSPS) is 10.4. The monoisotopic (exact) mass is 2270 g/mol. The van der Waals surface area contributed by atoms with Crippen molar-refractivity contribution in [2.45, 2.75) is 44.9 Å². The number of nitrogens with two attached hydrogens (primary N) is 2. The van der Waals surface area contributed by atoms with Gasteiger partial charge in [-0.25, -0.2) is 4.39 Å². The zero-order valence-electron chi connectivity index (χ0n) is 36.4. The fourth-order valence-corrected chi connectivity index (χ4v) is 169. The Morgan fingerprint density at radius 1 is 0.275 bits per heavy atom. The zero-order valence-corrected chi connectivity index (χ0v) is 88.7. The summed E-state index contributed by atoms with van der Waals surface area (Å²) in [7, 11) is 111. The Morgan fingerprint density at radius 3 is 0.562 bits per heavy atom. The van der Waals surface area contributed by atoms with Gasteiger partial charge in [-0.15, -0.1) is 0 Å². The Labute approximate surface area is 649 Å². The molecule has 0 spiro atoms. The fraction of sp³-hybridized carbons (Fsp3) is 0.538. The minimum atomic E-state index is -0.225. The van der Waals surface area contributed by atoms with Crippen molar-refractivity contribution in [2.75, 3.05) is 11.5 Å². The van der Waals surface area contributed by atoms with Crippen molar-refractivity contribution in [1.82, 2.24) is 0 Å². The van der Waals surface area contributed by atoms with E-state index in [-0.39, 0.29) is 16.6 Å². The Balaban J connectivity index is 0.00000168. The van der Waals surface area contributed by atoms with Gasteiger partial charge in [0.1, 0.15) is 5.82 Å². The largest absolute Gasteiger partial charge is 0.397 e. The second kappa shape index (κ2) is 70.3. The first kappa shape index (κ1) is 90.8. The first-order chi connectivity index (χ1) is 39.1. The summed E-state index contributed by atoms with van der Waals surface area (Å²) >= 11 is 9.64. The van der Waals surface area contributed by atoms with Gasteiger partial charge in [0.05, 0.1) is 11.4 Å². The quantitative estimate of drug-likeness (QED) is 0.394. The van der Waals surface area contributed by atoms with Crippen LogP contribution in [-0.4, -0.2) is 0 Å². The van der Waals surface area contributed by atoms with E-state index in [2.05, 4.69) is 27.7 Å². The van der Waals surface area contributed by atoms with Gasteiger partial charge < -0.3 is 11.5 Å². The fourth-order valence-electron chi connectivity index (χ4n) is 4.01. The number of hydrogen-bond donors (Lipinski definition) is 2. The molecule has 2 nitrogen and oxygen atoms in total. The number of halogens is 1. The van der Waals surface area contributed by atoms with Crippen LogP contribution in [0.1, 0.15) is 45.2 Å². The average molecular weight is 2270 g/mol. The number of nitrogen functional groups attached to an aromatic ring is 2. The zero-order chi connectivity index (χ0) is 58.1. The van der Waals surface area contributed by atoms with Gasteiger partial charge >= 0.3 is 0 Å². The molecule has 0 aliphatic heterocycles. The third-order valence-corrected chi connectivity index (χ3v) is 141. The van der Waals surface area contributed by atoms with Gasteiger partial charge in [-0.05, 0) is 34.4 Å². The van der Waals surface area contributed by atoms with Gasteiger partial charge in [0.2, 0.25) is 0 Å². The average Bonchev–Trinajstić information content (AvgIpc) is 3.88. The van der Waals surface area contributed by atoms with Crippen LogP contribution in [-0.2, 0) is 584 Å². The number of benzene rings is 1. The second-order valence-electron chi connectivity index (χ2n) is 10.3. The summed E-state index contributed by atoms with van der Waals surface area (Å²) in [6.07, 6.45) is 0.889. The summed E-state index contributed by atoms with van der Waals surface area (Å²) in [4.78, 5) is 0. The highest BCUT2D eigenvalue weighted by molar-refractivity contribution is 8.83. The SMILES string of the molecule is CC1(C)CC(C)(C)c2c(N)c(N)cc(F)c21.S=S=S=S=S=S=S=S=S=S=S=S=S=S=S=S=S=S=S=S=S=S=S=S=S=S=S=S=S=S=S=S=S=S=S=S=S=S=S=S=S=S=S=S=S=S=S=S=S=S=S=S=S=S=S=S=S=S=S=S=S=S=S=S. The van der Waals surface area contributed by atoms with E-state index in [4.69, 9.17) is 33.8 Å². The third-order valence-electron chi connectivity index (χ3n) is 5.28. The topological polar surface area (TPSA) is 52.0 Å². The predicted octanol–water partition coefficient (Wildman–Crippen LogP) is 2.80. The Morgan fingerprint density at radius 2 is 0.412 bits per heavy atom.